The molecule has 1 aromatic carbocycles. The molecule has 1 N–H and O–H groups in total. The van der Waals surface area contributed by atoms with Crippen LogP contribution in [-0.2, 0) is 22.7 Å². The Hall–Kier alpha value is -1.08. The summed E-state index contributed by atoms with van der Waals surface area (Å²) in [4.78, 5) is 0. The van der Waals surface area contributed by atoms with E-state index in [0.717, 1.165) is 12.1 Å². The lowest BCUT2D eigenvalue weighted by Crippen LogP contribution is -2.07. The molecular weight excluding hydrogens is 257 g/mol. The van der Waals surface area contributed by atoms with Gasteiger partial charge in [-0.1, -0.05) is 18.2 Å². The number of hydrogen-bond donors (Lipinski definition) is 1. The van der Waals surface area contributed by atoms with Gasteiger partial charge in [0, 0.05) is 0 Å². The number of halogens is 3. The largest absolute Gasteiger partial charge is 0.416 e. The van der Waals surface area contributed by atoms with E-state index in [9.17, 15) is 21.6 Å². The third-order valence-corrected chi connectivity index (χ3v) is 2.93. The highest BCUT2D eigenvalue weighted by molar-refractivity contribution is 7.85. The summed E-state index contributed by atoms with van der Waals surface area (Å²) in [6.07, 6.45) is -4.15. The van der Waals surface area contributed by atoms with E-state index in [0.29, 0.717) is 5.56 Å². The summed E-state index contributed by atoms with van der Waals surface area (Å²) in [5.74, 6) is -0.455. The number of alkyl halides is 3. The van der Waals surface area contributed by atoms with Crippen molar-refractivity contribution in [3.05, 3.63) is 35.4 Å². The molecule has 0 saturated heterocycles. The summed E-state index contributed by atoms with van der Waals surface area (Å²) in [6, 6.07) is 4.68. The van der Waals surface area contributed by atoms with Crippen LogP contribution >= 0.6 is 0 Å². The van der Waals surface area contributed by atoms with Crippen molar-refractivity contribution in [3.8, 4) is 0 Å². The zero-order chi connectivity index (χ0) is 13.1. The average Bonchev–Trinajstić information content (AvgIpc) is 2.15. The molecule has 0 bridgehead atoms. The molecule has 1 aromatic rings. The normalized spacial score (nSPS) is 12.7. The summed E-state index contributed by atoms with van der Waals surface area (Å²) in [5, 5.41) is 0. The minimum absolute atomic E-state index is 0.0835. The van der Waals surface area contributed by atoms with Gasteiger partial charge in [-0.2, -0.15) is 21.6 Å². The maximum Gasteiger partial charge on any atom is 0.416 e. The smallest absolute Gasteiger partial charge is 0.286 e. The van der Waals surface area contributed by atoms with Crippen LogP contribution in [0.1, 0.15) is 17.5 Å². The molecule has 0 aliphatic heterocycles. The molecule has 0 fully saturated rings. The first-order valence-electron chi connectivity index (χ1n) is 4.80. The highest BCUT2D eigenvalue weighted by Crippen LogP contribution is 2.29. The van der Waals surface area contributed by atoms with Crippen molar-refractivity contribution in [1.82, 2.24) is 0 Å². The second-order valence-corrected chi connectivity index (χ2v) is 5.16. The van der Waals surface area contributed by atoms with E-state index in [2.05, 4.69) is 0 Å². The van der Waals surface area contributed by atoms with Crippen molar-refractivity contribution >= 4 is 10.1 Å². The van der Waals surface area contributed by atoms with Gasteiger partial charge in [0.25, 0.3) is 10.1 Å². The Morgan fingerprint density at radius 2 is 1.88 bits per heavy atom. The molecule has 0 aliphatic rings. The Morgan fingerprint density at radius 1 is 1.24 bits per heavy atom. The molecule has 3 nitrogen and oxygen atoms in total. The van der Waals surface area contributed by atoms with Crippen LogP contribution in [0.3, 0.4) is 0 Å². The third kappa shape index (κ3) is 5.18. The fourth-order valence-corrected chi connectivity index (χ4v) is 1.87. The Morgan fingerprint density at radius 3 is 2.41 bits per heavy atom. The van der Waals surface area contributed by atoms with Gasteiger partial charge in [-0.15, -0.1) is 0 Å². The number of aryl methyl sites for hydroxylation is 1. The molecule has 7 heteroatoms. The van der Waals surface area contributed by atoms with Crippen LogP contribution in [0.15, 0.2) is 24.3 Å². The van der Waals surface area contributed by atoms with Crippen LogP contribution in [0.4, 0.5) is 13.2 Å². The predicted octanol–water partition coefficient (Wildman–Crippen LogP) is 2.53. The molecule has 0 spiro atoms. The van der Waals surface area contributed by atoms with E-state index in [1.165, 1.54) is 12.1 Å². The lowest BCUT2D eigenvalue weighted by molar-refractivity contribution is -0.137. The second kappa shape index (κ2) is 5.05. The highest BCUT2D eigenvalue weighted by atomic mass is 32.2. The number of hydrogen-bond acceptors (Lipinski definition) is 2. The molecule has 0 heterocycles. The summed E-state index contributed by atoms with van der Waals surface area (Å²) < 4.78 is 66.3. The van der Waals surface area contributed by atoms with E-state index in [4.69, 9.17) is 4.55 Å². The first kappa shape index (κ1) is 14.0. The Labute approximate surface area is 97.0 Å². The van der Waals surface area contributed by atoms with Gasteiger partial charge in [0.05, 0.1) is 11.3 Å². The summed E-state index contributed by atoms with van der Waals surface area (Å²) in [7, 11) is -4.06. The minimum atomic E-state index is -4.40. The molecule has 0 aliphatic carbocycles. The quantitative estimate of drug-likeness (QED) is 0.854. The summed E-state index contributed by atoms with van der Waals surface area (Å²) in [5.41, 5.74) is -0.370. The molecule has 0 aromatic heterocycles. The zero-order valence-electron chi connectivity index (χ0n) is 8.74. The van der Waals surface area contributed by atoms with Crippen LogP contribution in [-0.4, -0.2) is 18.7 Å². The minimum Gasteiger partial charge on any atom is -0.286 e. The van der Waals surface area contributed by atoms with Gasteiger partial charge in [-0.05, 0) is 24.5 Å². The number of benzene rings is 1. The lowest BCUT2D eigenvalue weighted by atomic mass is 10.1. The van der Waals surface area contributed by atoms with Gasteiger partial charge in [0.2, 0.25) is 0 Å². The van der Waals surface area contributed by atoms with Gasteiger partial charge in [-0.3, -0.25) is 4.55 Å². The SMILES string of the molecule is O=S(=O)(O)CCCc1cccc(C(F)(F)F)c1. The molecule has 96 valence electrons. The maximum atomic E-state index is 12.3. The molecule has 17 heavy (non-hydrogen) atoms. The summed E-state index contributed by atoms with van der Waals surface area (Å²) in [6.45, 7) is 0. The Balaban J connectivity index is 2.67. The molecule has 1 rings (SSSR count). The van der Waals surface area contributed by atoms with Crippen LogP contribution in [0.2, 0.25) is 0 Å². The molecule has 0 unspecified atom stereocenters. The zero-order valence-corrected chi connectivity index (χ0v) is 9.55. The molecule has 0 atom stereocenters. The molecule has 0 saturated carbocycles. The first-order valence-corrected chi connectivity index (χ1v) is 6.41. The van der Waals surface area contributed by atoms with Crippen LogP contribution < -0.4 is 0 Å². The van der Waals surface area contributed by atoms with Crippen LogP contribution in [0.5, 0.6) is 0 Å². The van der Waals surface area contributed by atoms with Crippen LogP contribution in [0.25, 0.3) is 0 Å². The fourth-order valence-electron chi connectivity index (χ4n) is 1.36. The highest BCUT2D eigenvalue weighted by Gasteiger charge is 2.30. The van der Waals surface area contributed by atoms with Crippen molar-refractivity contribution in [2.24, 2.45) is 0 Å². The van der Waals surface area contributed by atoms with Gasteiger partial charge < -0.3 is 0 Å². The topological polar surface area (TPSA) is 54.4 Å². The van der Waals surface area contributed by atoms with E-state index in [-0.39, 0.29) is 12.8 Å². The predicted molar refractivity (Wildman–Crippen MR) is 56.2 cm³/mol. The number of rotatable bonds is 4. The molecular formula is C10H11F3O3S. The monoisotopic (exact) mass is 268 g/mol. The van der Waals surface area contributed by atoms with Crippen molar-refractivity contribution in [2.45, 2.75) is 19.0 Å². The fraction of sp³-hybridized carbons (Fsp3) is 0.400. The van der Waals surface area contributed by atoms with E-state index < -0.39 is 27.6 Å². The summed E-state index contributed by atoms with van der Waals surface area (Å²) >= 11 is 0. The van der Waals surface area contributed by atoms with Crippen LogP contribution in [0, 0.1) is 0 Å². The second-order valence-electron chi connectivity index (χ2n) is 3.59. The van der Waals surface area contributed by atoms with Crippen molar-refractivity contribution in [2.75, 3.05) is 5.75 Å². The maximum absolute atomic E-state index is 12.3. The van der Waals surface area contributed by atoms with Gasteiger partial charge in [0.1, 0.15) is 0 Å². The average molecular weight is 268 g/mol. The van der Waals surface area contributed by atoms with Crippen molar-refractivity contribution < 1.29 is 26.1 Å². The van der Waals surface area contributed by atoms with E-state index in [1.807, 2.05) is 0 Å². The third-order valence-electron chi connectivity index (χ3n) is 2.12. The van der Waals surface area contributed by atoms with Crippen molar-refractivity contribution in [1.29, 1.82) is 0 Å². The van der Waals surface area contributed by atoms with E-state index in [1.54, 1.807) is 0 Å². The lowest BCUT2D eigenvalue weighted by Gasteiger charge is -2.08. The van der Waals surface area contributed by atoms with Gasteiger partial charge in [0.15, 0.2) is 0 Å². The van der Waals surface area contributed by atoms with Gasteiger partial charge in [-0.25, -0.2) is 0 Å². The van der Waals surface area contributed by atoms with Gasteiger partial charge >= 0.3 is 6.18 Å². The Bertz CT molecular complexity index is 480. The van der Waals surface area contributed by atoms with E-state index >= 15 is 0 Å². The molecule has 0 amide bonds. The first-order chi connectivity index (χ1) is 7.68. The van der Waals surface area contributed by atoms with Crippen molar-refractivity contribution in [3.63, 3.8) is 0 Å². The standard InChI is InChI=1S/C10H11F3O3S/c11-10(12,13)9-5-1-3-8(7-9)4-2-6-17(14,15)16/h1,3,5,7H,2,4,6H2,(H,14,15,16). The Kier molecular flexibility index (Phi) is 4.16. The molecule has 0 radical (unpaired) electrons.